The molecule has 0 aromatic heterocycles. The molecular formula is C35H56N2O4. The molecule has 0 amide bonds. The zero-order chi connectivity index (χ0) is 30.3. The van der Waals surface area contributed by atoms with E-state index in [9.17, 15) is 9.59 Å². The summed E-state index contributed by atoms with van der Waals surface area (Å²) in [4.78, 5) is 37.2. The second-order valence-corrected chi connectivity index (χ2v) is 10.3. The van der Waals surface area contributed by atoms with Gasteiger partial charge in [-0.05, 0) is 81.3 Å². The summed E-state index contributed by atoms with van der Waals surface area (Å²) in [5.41, 5.74) is 10.1. The number of aryl methyl sites for hydroxylation is 2. The van der Waals surface area contributed by atoms with Crippen molar-refractivity contribution in [1.82, 2.24) is 0 Å². The fraction of sp³-hybridized carbons (Fsp3) is 0.543. The van der Waals surface area contributed by atoms with Gasteiger partial charge in [0.25, 0.3) is 0 Å². The van der Waals surface area contributed by atoms with Crippen molar-refractivity contribution in [2.24, 2.45) is 16.8 Å². The number of rotatable bonds is 18. The summed E-state index contributed by atoms with van der Waals surface area (Å²) in [6.07, 6.45) is 11.4. The molecule has 0 aliphatic carbocycles. The van der Waals surface area contributed by atoms with E-state index < -0.39 is 0 Å². The third-order valence-corrected chi connectivity index (χ3v) is 7.33. The number of benzene rings is 2. The summed E-state index contributed by atoms with van der Waals surface area (Å²) in [5.74, 6) is 1.76. The van der Waals surface area contributed by atoms with Gasteiger partial charge in [0, 0.05) is 24.8 Å². The largest absolute Gasteiger partial charge is 0.412 e. The Morgan fingerprint density at radius 1 is 0.829 bits per heavy atom. The topological polar surface area (TPSA) is 121 Å². The molecule has 2 rings (SSSR count). The average molecular weight is 569 g/mol. The quantitative estimate of drug-likeness (QED) is 0.110. The molecule has 2 unspecified atom stereocenters. The molecule has 4 N–H and O–H groups in total. The predicted molar refractivity (Wildman–Crippen MR) is 175 cm³/mol. The monoisotopic (exact) mass is 568 g/mol. The molecule has 0 aliphatic rings. The normalized spacial score (nSPS) is 11.4. The van der Waals surface area contributed by atoms with Gasteiger partial charge in [0.15, 0.2) is 5.78 Å². The molecule has 2 aromatic rings. The Balaban J connectivity index is 0. The summed E-state index contributed by atoms with van der Waals surface area (Å²) < 4.78 is 0. The molecule has 0 radical (unpaired) electrons. The minimum Gasteiger partial charge on any atom is -0.412 e. The van der Waals surface area contributed by atoms with Crippen LogP contribution >= 0.6 is 0 Å². The molecule has 230 valence electrons. The van der Waals surface area contributed by atoms with Crippen LogP contribution in [0.5, 0.6) is 0 Å². The minimum atomic E-state index is 0. The third kappa shape index (κ3) is 16.0. The lowest BCUT2D eigenvalue weighted by Gasteiger charge is -2.27. The van der Waals surface area contributed by atoms with Crippen LogP contribution < -0.4 is 5.73 Å². The second kappa shape index (κ2) is 24.7. The van der Waals surface area contributed by atoms with Gasteiger partial charge in [-0.1, -0.05) is 83.2 Å². The van der Waals surface area contributed by atoms with E-state index in [1.54, 1.807) is 18.2 Å². The number of nitrogens with zero attached hydrogens (tertiary/aromatic N) is 1. The van der Waals surface area contributed by atoms with Gasteiger partial charge in [-0.3, -0.25) is 14.6 Å². The van der Waals surface area contributed by atoms with Gasteiger partial charge in [0.2, 0.25) is 0 Å². The van der Waals surface area contributed by atoms with Crippen molar-refractivity contribution in [3.8, 4) is 0 Å². The van der Waals surface area contributed by atoms with E-state index in [-0.39, 0.29) is 11.3 Å². The molecule has 0 fully saturated rings. The SMILES string of the molecule is C=Nc1cc(C(=O)CCCC(CCC)C(CCC)CCCC(=O)CCc2ccc(C)cc2)ccc1N.C=O.CC.O. The highest BCUT2D eigenvalue weighted by atomic mass is 16.1. The van der Waals surface area contributed by atoms with E-state index >= 15 is 0 Å². The van der Waals surface area contributed by atoms with Crippen molar-refractivity contribution in [1.29, 1.82) is 0 Å². The fourth-order valence-corrected chi connectivity index (χ4v) is 5.22. The zero-order valence-corrected chi connectivity index (χ0v) is 26.3. The molecule has 6 heteroatoms. The molecule has 0 aliphatic heterocycles. The number of anilines is 1. The maximum atomic E-state index is 12.7. The van der Waals surface area contributed by atoms with Crippen molar-refractivity contribution in [2.45, 2.75) is 112 Å². The smallest absolute Gasteiger partial charge is 0.162 e. The molecule has 0 bridgehead atoms. The van der Waals surface area contributed by atoms with Gasteiger partial charge in [-0.2, -0.15) is 0 Å². The molecule has 6 nitrogen and oxygen atoms in total. The molecule has 0 saturated heterocycles. The average Bonchev–Trinajstić information content (AvgIpc) is 2.98. The van der Waals surface area contributed by atoms with Gasteiger partial charge in [0.1, 0.15) is 12.6 Å². The third-order valence-electron chi connectivity index (χ3n) is 7.33. The molecule has 0 saturated carbocycles. The number of ketones is 2. The highest BCUT2D eigenvalue weighted by Gasteiger charge is 2.21. The van der Waals surface area contributed by atoms with Crippen molar-refractivity contribution in [3.63, 3.8) is 0 Å². The number of aliphatic imine (C=N–C) groups is 1. The van der Waals surface area contributed by atoms with Gasteiger partial charge < -0.3 is 16.0 Å². The van der Waals surface area contributed by atoms with Gasteiger partial charge in [0.05, 0.1) is 11.4 Å². The Kier molecular flexibility index (Phi) is 24.1. The van der Waals surface area contributed by atoms with Crippen LogP contribution in [-0.4, -0.2) is 30.5 Å². The maximum Gasteiger partial charge on any atom is 0.162 e. The number of carbonyl (C=O) groups is 3. The van der Waals surface area contributed by atoms with E-state index in [1.807, 2.05) is 20.6 Å². The van der Waals surface area contributed by atoms with Gasteiger partial charge in [-0.25, -0.2) is 0 Å². The van der Waals surface area contributed by atoms with Crippen LogP contribution in [0.2, 0.25) is 0 Å². The number of Topliss-reactive ketones (excluding diaryl/α,β-unsaturated/α-hetero) is 2. The Morgan fingerprint density at radius 2 is 1.37 bits per heavy atom. The van der Waals surface area contributed by atoms with E-state index in [1.165, 1.54) is 24.0 Å². The number of nitrogen functional groups attached to an aromatic ring is 1. The predicted octanol–water partition coefficient (Wildman–Crippen LogP) is 8.48. The molecule has 2 aromatic carbocycles. The minimum absolute atomic E-state index is 0. The van der Waals surface area contributed by atoms with Crippen LogP contribution in [0.15, 0.2) is 47.5 Å². The number of hydrogen-bond donors (Lipinski definition) is 1. The summed E-state index contributed by atoms with van der Waals surface area (Å²) >= 11 is 0. The first-order valence-corrected chi connectivity index (χ1v) is 15.1. The first-order chi connectivity index (χ1) is 19.4. The van der Waals surface area contributed by atoms with Crippen LogP contribution in [-0.2, 0) is 16.0 Å². The maximum absolute atomic E-state index is 12.7. The van der Waals surface area contributed by atoms with Crippen LogP contribution in [0.3, 0.4) is 0 Å². The first-order valence-electron chi connectivity index (χ1n) is 15.1. The Labute approximate surface area is 249 Å². The van der Waals surface area contributed by atoms with Crippen molar-refractivity contribution in [2.75, 3.05) is 5.73 Å². The summed E-state index contributed by atoms with van der Waals surface area (Å²) in [6, 6.07) is 13.7. The standard InChI is InChI=1S/C32H46N2O2.C2H6.CH2O.H2O/c1-5-9-26(11-7-13-29(35)21-19-25-17-15-24(3)16-18-25)27(10-6-2)12-8-14-32(36)28-20-22-30(33)31(23-28)34-4;2*1-2;/h15-18,20,22-23,26-27H,4-14,19,21,33H2,1-3H3;1-2H3;1H2;1H2. The lowest BCUT2D eigenvalue weighted by atomic mass is 9.79. The van der Waals surface area contributed by atoms with E-state index in [2.05, 4.69) is 56.7 Å². The highest BCUT2D eigenvalue weighted by Crippen LogP contribution is 2.32. The molecule has 0 heterocycles. The lowest BCUT2D eigenvalue weighted by Crippen LogP contribution is -2.16. The Hall–Kier alpha value is -3.12. The Bertz CT molecular complexity index is 988. The van der Waals surface area contributed by atoms with E-state index in [0.717, 1.165) is 44.9 Å². The van der Waals surface area contributed by atoms with Crippen LogP contribution in [0, 0.1) is 18.8 Å². The number of carbonyl (C=O) groups excluding carboxylic acids is 3. The van der Waals surface area contributed by atoms with Crippen LogP contribution in [0.4, 0.5) is 11.4 Å². The lowest BCUT2D eigenvalue weighted by molar-refractivity contribution is -0.119. The molecular weight excluding hydrogens is 512 g/mol. The van der Waals surface area contributed by atoms with Crippen molar-refractivity contribution < 1.29 is 19.9 Å². The van der Waals surface area contributed by atoms with Crippen molar-refractivity contribution in [3.05, 3.63) is 59.2 Å². The van der Waals surface area contributed by atoms with Crippen molar-refractivity contribution >= 4 is 36.4 Å². The van der Waals surface area contributed by atoms with Crippen LogP contribution in [0.1, 0.15) is 120 Å². The first kappa shape index (κ1) is 40.0. The van der Waals surface area contributed by atoms with E-state index in [0.29, 0.717) is 53.8 Å². The number of hydrogen-bond acceptors (Lipinski definition) is 5. The summed E-state index contributed by atoms with van der Waals surface area (Å²) in [6.45, 7) is 16.1. The summed E-state index contributed by atoms with van der Waals surface area (Å²) in [5, 5.41) is 0. The molecule has 41 heavy (non-hydrogen) atoms. The van der Waals surface area contributed by atoms with Gasteiger partial charge in [-0.15, -0.1) is 0 Å². The molecule has 2 atom stereocenters. The zero-order valence-electron chi connectivity index (χ0n) is 26.3. The van der Waals surface area contributed by atoms with Gasteiger partial charge >= 0.3 is 0 Å². The van der Waals surface area contributed by atoms with Crippen LogP contribution in [0.25, 0.3) is 0 Å². The van der Waals surface area contributed by atoms with E-state index in [4.69, 9.17) is 10.5 Å². The Morgan fingerprint density at radius 3 is 1.88 bits per heavy atom. The number of nitrogens with two attached hydrogens (primary N) is 1. The highest BCUT2D eigenvalue weighted by molar-refractivity contribution is 5.97. The second-order valence-electron chi connectivity index (χ2n) is 10.3. The fourth-order valence-electron chi connectivity index (χ4n) is 5.22. The molecule has 0 spiro atoms. The summed E-state index contributed by atoms with van der Waals surface area (Å²) in [7, 11) is 0.